The number of halogens is 2. The Kier molecular flexibility index (Phi) is 5.89. The largest absolute Gasteiger partial charge is 0.398 e. The number of rotatable bonds is 4. The summed E-state index contributed by atoms with van der Waals surface area (Å²) in [6.07, 6.45) is 0. The molecule has 0 bridgehead atoms. The van der Waals surface area contributed by atoms with Gasteiger partial charge >= 0.3 is 0 Å². The molecule has 6 heteroatoms. The van der Waals surface area contributed by atoms with Crippen molar-refractivity contribution < 1.29 is 4.21 Å². The molecule has 0 heterocycles. The van der Waals surface area contributed by atoms with Gasteiger partial charge in [-0.25, -0.2) is 8.93 Å². The van der Waals surface area contributed by atoms with E-state index in [0.29, 0.717) is 10.7 Å². The number of hydrogen-bond donors (Lipinski definition) is 2. The zero-order valence-corrected chi connectivity index (χ0v) is 16.4. The normalized spacial score (nSPS) is 14.5. The molecule has 0 aliphatic rings. The Labute approximate surface area is 153 Å². The summed E-state index contributed by atoms with van der Waals surface area (Å²) in [7, 11) is -1.24. The highest BCUT2D eigenvalue weighted by Gasteiger charge is 2.25. The Morgan fingerprint density at radius 1 is 1.17 bits per heavy atom. The number of anilines is 1. The van der Waals surface area contributed by atoms with Crippen LogP contribution in [0.5, 0.6) is 0 Å². The van der Waals surface area contributed by atoms with Crippen molar-refractivity contribution in [3.8, 4) is 0 Å². The Morgan fingerprint density at radius 3 is 2.35 bits per heavy atom. The molecule has 0 aliphatic heterocycles. The first-order valence-corrected chi connectivity index (χ1v) is 9.49. The Bertz CT molecular complexity index is 714. The fourth-order valence-electron chi connectivity index (χ4n) is 2.05. The van der Waals surface area contributed by atoms with Gasteiger partial charge < -0.3 is 5.73 Å². The van der Waals surface area contributed by atoms with Crippen LogP contribution in [0, 0.1) is 0 Å². The van der Waals surface area contributed by atoms with E-state index in [1.807, 2.05) is 63.2 Å². The molecule has 124 valence electrons. The maximum atomic E-state index is 12.6. The molecule has 2 rings (SSSR count). The van der Waals surface area contributed by atoms with Crippen molar-refractivity contribution in [2.75, 3.05) is 5.73 Å². The van der Waals surface area contributed by atoms with E-state index in [0.717, 1.165) is 15.6 Å². The van der Waals surface area contributed by atoms with Crippen molar-refractivity contribution in [1.29, 1.82) is 0 Å². The standard InChI is InChI=1S/C17H20BrClN2OS/c1-17(2,3)23(22)21-16(11-4-7-13(19)8-5-11)14-10-12(18)6-9-15(14)20/h4-10,16,21H,20H2,1-3H3/t16-,23-/m1/s1. The van der Waals surface area contributed by atoms with Gasteiger partial charge in [0.15, 0.2) is 0 Å². The zero-order chi connectivity index (χ0) is 17.2. The lowest BCUT2D eigenvalue weighted by Crippen LogP contribution is -2.36. The molecule has 0 radical (unpaired) electrons. The molecule has 0 spiro atoms. The average molecular weight is 416 g/mol. The fourth-order valence-corrected chi connectivity index (χ4v) is 3.38. The predicted octanol–water partition coefficient (Wildman–Crippen LogP) is 4.83. The van der Waals surface area contributed by atoms with Crippen LogP contribution in [0.15, 0.2) is 46.9 Å². The summed E-state index contributed by atoms with van der Waals surface area (Å²) in [5.74, 6) is 0. The first-order chi connectivity index (χ1) is 10.7. The van der Waals surface area contributed by atoms with Crippen LogP contribution in [0.25, 0.3) is 0 Å². The van der Waals surface area contributed by atoms with E-state index in [9.17, 15) is 4.21 Å². The molecule has 2 aromatic carbocycles. The summed E-state index contributed by atoms with van der Waals surface area (Å²) in [5, 5.41) is 0.659. The van der Waals surface area contributed by atoms with E-state index >= 15 is 0 Å². The van der Waals surface area contributed by atoms with E-state index < -0.39 is 11.0 Å². The second kappa shape index (κ2) is 7.34. The minimum absolute atomic E-state index is 0.287. The summed E-state index contributed by atoms with van der Waals surface area (Å²) in [5.41, 5.74) is 8.63. The van der Waals surface area contributed by atoms with Crippen LogP contribution in [0.1, 0.15) is 37.9 Å². The second-order valence-corrected chi connectivity index (χ2v) is 9.61. The monoisotopic (exact) mass is 414 g/mol. The van der Waals surface area contributed by atoms with Gasteiger partial charge in [-0.3, -0.25) is 0 Å². The van der Waals surface area contributed by atoms with E-state index in [1.54, 1.807) is 0 Å². The minimum Gasteiger partial charge on any atom is -0.398 e. The molecule has 0 saturated heterocycles. The highest BCUT2D eigenvalue weighted by atomic mass is 79.9. The number of nitrogens with two attached hydrogens (primary N) is 1. The SMILES string of the molecule is CC(C)(C)[S@@](=O)N[C@H](c1ccc(Cl)cc1)c1cc(Br)ccc1N. The summed E-state index contributed by atoms with van der Waals surface area (Å²) >= 11 is 9.46. The van der Waals surface area contributed by atoms with Crippen LogP contribution in [0.2, 0.25) is 5.02 Å². The van der Waals surface area contributed by atoms with Crippen LogP contribution >= 0.6 is 27.5 Å². The van der Waals surface area contributed by atoms with Crippen LogP contribution in [0.4, 0.5) is 5.69 Å². The summed E-state index contributed by atoms with van der Waals surface area (Å²) in [6, 6.07) is 12.9. The van der Waals surface area contributed by atoms with Crippen molar-refractivity contribution in [3.63, 3.8) is 0 Å². The predicted molar refractivity (Wildman–Crippen MR) is 103 cm³/mol. The number of nitrogens with one attached hydrogen (secondary N) is 1. The summed E-state index contributed by atoms with van der Waals surface area (Å²) < 4.78 is 16.3. The maximum Gasteiger partial charge on any atom is 0.0979 e. The second-order valence-electron chi connectivity index (χ2n) is 6.26. The van der Waals surface area contributed by atoms with Crippen LogP contribution in [-0.2, 0) is 11.0 Å². The van der Waals surface area contributed by atoms with Gasteiger partial charge in [0.2, 0.25) is 0 Å². The zero-order valence-electron chi connectivity index (χ0n) is 13.3. The molecule has 2 atom stereocenters. The van der Waals surface area contributed by atoms with E-state index in [-0.39, 0.29) is 10.8 Å². The summed E-state index contributed by atoms with van der Waals surface area (Å²) in [4.78, 5) is 0. The van der Waals surface area contributed by atoms with Gasteiger partial charge in [-0.05, 0) is 62.2 Å². The lowest BCUT2D eigenvalue weighted by Gasteiger charge is -2.26. The van der Waals surface area contributed by atoms with Gasteiger partial charge in [0.05, 0.1) is 21.8 Å². The highest BCUT2D eigenvalue weighted by Crippen LogP contribution is 2.31. The first-order valence-electron chi connectivity index (χ1n) is 7.17. The van der Waals surface area contributed by atoms with Crippen LogP contribution in [0.3, 0.4) is 0 Å². The number of hydrogen-bond acceptors (Lipinski definition) is 2. The molecule has 0 saturated carbocycles. The van der Waals surface area contributed by atoms with Gasteiger partial charge in [0.1, 0.15) is 0 Å². The Morgan fingerprint density at radius 2 is 1.78 bits per heavy atom. The fraction of sp³-hybridized carbons (Fsp3) is 0.294. The van der Waals surface area contributed by atoms with Gasteiger partial charge in [-0.2, -0.15) is 0 Å². The van der Waals surface area contributed by atoms with E-state index in [2.05, 4.69) is 20.7 Å². The van der Waals surface area contributed by atoms with Crippen LogP contribution in [-0.4, -0.2) is 8.96 Å². The van der Waals surface area contributed by atoms with Gasteiger partial charge in [-0.1, -0.05) is 39.7 Å². The first kappa shape index (κ1) is 18.5. The summed E-state index contributed by atoms with van der Waals surface area (Å²) in [6.45, 7) is 5.79. The highest BCUT2D eigenvalue weighted by molar-refractivity contribution is 9.10. The Balaban J connectivity index is 2.49. The number of benzene rings is 2. The van der Waals surface area contributed by atoms with Crippen molar-refractivity contribution in [2.45, 2.75) is 31.6 Å². The molecule has 0 aromatic heterocycles. The molecular formula is C17H20BrClN2OS. The molecule has 23 heavy (non-hydrogen) atoms. The Hall–Kier alpha value is -0.880. The topological polar surface area (TPSA) is 55.1 Å². The van der Waals surface area contributed by atoms with Gasteiger partial charge in [0.25, 0.3) is 0 Å². The van der Waals surface area contributed by atoms with Crippen molar-refractivity contribution >= 4 is 44.2 Å². The van der Waals surface area contributed by atoms with Gasteiger partial charge in [0, 0.05) is 15.2 Å². The molecule has 0 unspecified atom stereocenters. The lowest BCUT2D eigenvalue weighted by atomic mass is 9.98. The molecule has 3 nitrogen and oxygen atoms in total. The molecule has 0 amide bonds. The third-order valence-corrected chi connectivity index (χ3v) is 5.65. The van der Waals surface area contributed by atoms with Crippen LogP contribution < -0.4 is 10.5 Å². The molecule has 0 fully saturated rings. The average Bonchev–Trinajstić information content (AvgIpc) is 2.47. The minimum atomic E-state index is -1.24. The van der Waals surface area contributed by atoms with Crippen molar-refractivity contribution in [2.24, 2.45) is 0 Å². The van der Waals surface area contributed by atoms with Crippen molar-refractivity contribution in [3.05, 3.63) is 63.1 Å². The lowest BCUT2D eigenvalue weighted by molar-refractivity contribution is 0.624. The maximum absolute atomic E-state index is 12.6. The van der Waals surface area contributed by atoms with E-state index in [1.165, 1.54) is 0 Å². The molecule has 3 N–H and O–H groups in total. The van der Waals surface area contributed by atoms with Crippen molar-refractivity contribution in [1.82, 2.24) is 4.72 Å². The van der Waals surface area contributed by atoms with E-state index in [4.69, 9.17) is 17.3 Å². The molecular weight excluding hydrogens is 396 g/mol. The molecule has 0 aliphatic carbocycles. The molecule has 2 aromatic rings. The third kappa shape index (κ3) is 4.80. The third-order valence-electron chi connectivity index (χ3n) is 3.34. The smallest absolute Gasteiger partial charge is 0.0979 e. The quantitative estimate of drug-likeness (QED) is 0.703. The number of nitrogen functional groups attached to an aromatic ring is 1. The van der Waals surface area contributed by atoms with Gasteiger partial charge in [-0.15, -0.1) is 0 Å².